The van der Waals surface area contributed by atoms with Crippen molar-refractivity contribution in [3.05, 3.63) is 35.9 Å². The summed E-state index contributed by atoms with van der Waals surface area (Å²) in [6.45, 7) is 11.1. The molecule has 80 valence electrons. The largest absolute Gasteiger partial charge is 0.313 e. The molecule has 0 aromatic heterocycles. The molecule has 14 heavy (non-hydrogen) atoms. The third-order valence-electron chi connectivity index (χ3n) is 1.42. The maximum absolute atomic E-state index is 3.26. The fourth-order valence-electron chi connectivity index (χ4n) is 0.865. The Kier molecular flexibility index (Phi) is 8.59. The van der Waals surface area contributed by atoms with Gasteiger partial charge in [0.1, 0.15) is 0 Å². The van der Waals surface area contributed by atoms with Crippen molar-refractivity contribution < 1.29 is 0 Å². The van der Waals surface area contributed by atoms with Crippen LogP contribution in [-0.4, -0.2) is 15.3 Å². The van der Waals surface area contributed by atoms with Crippen molar-refractivity contribution in [1.82, 2.24) is 5.32 Å². The van der Waals surface area contributed by atoms with Gasteiger partial charge in [0, 0.05) is 15.3 Å². The predicted molar refractivity (Wildman–Crippen MR) is 68.6 cm³/mol. The van der Waals surface area contributed by atoms with Gasteiger partial charge in [-0.05, 0) is 12.1 Å². The maximum Gasteiger partial charge on any atom is 0.0274 e. The molecule has 0 aliphatic heterocycles. The minimum atomic E-state index is -0.139. The topological polar surface area (TPSA) is 12.0 Å². The fraction of sp³-hybridized carbons (Fsp3) is 0.500. The highest BCUT2D eigenvalue weighted by Crippen LogP contribution is 1.96. The van der Waals surface area contributed by atoms with E-state index in [4.69, 9.17) is 0 Å². The summed E-state index contributed by atoms with van der Waals surface area (Å²) in [4.78, 5) is 0. The van der Waals surface area contributed by atoms with Crippen molar-refractivity contribution in [2.45, 2.75) is 33.1 Å². The molecule has 1 rings (SSSR count). The number of hydrogen-bond donors (Lipinski definition) is 1. The third kappa shape index (κ3) is 9.48. The third-order valence-corrected chi connectivity index (χ3v) is 1.42. The molecule has 0 spiro atoms. The van der Waals surface area contributed by atoms with E-state index in [-0.39, 0.29) is 8.80 Å². The van der Waals surface area contributed by atoms with Gasteiger partial charge in [0.05, 0.1) is 0 Å². The first-order valence-corrected chi connectivity index (χ1v) is 8.87. The molecule has 1 aromatic rings. The van der Waals surface area contributed by atoms with Crippen LogP contribution in [0, 0.1) is 0 Å². The number of rotatable bonds is 3. The molecular formula is C12H23NSi. The molecule has 2 heteroatoms. The van der Waals surface area contributed by atoms with Crippen LogP contribution in [0.3, 0.4) is 0 Å². The van der Waals surface area contributed by atoms with Gasteiger partial charge < -0.3 is 5.32 Å². The van der Waals surface area contributed by atoms with Crippen LogP contribution in [0.2, 0.25) is 19.6 Å². The fourth-order valence-corrected chi connectivity index (χ4v) is 0.865. The summed E-state index contributed by atoms with van der Waals surface area (Å²) in [5, 5.41) is 3.26. The van der Waals surface area contributed by atoms with Crippen LogP contribution in [0.5, 0.6) is 0 Å². The van der Waals surface area contributed by atoms with Crippen LogP contribution in [-0.2, 0) is 6.54 Å². The van der Waals surface area contributed by atoms with E-state index in [2.05, 4.69) is 56.1 Å². The Morgan fingerprint density at radius 2 is 1.57 bits per heavy atom. The van der Waals surface area contributed by atoms with Gasteiger partial charge in [-0.1, -0.05) is 56.9 Å². The second-order valence-electron chi connectivity index (χ2n) is 4.00. The summed E-state index contributed by atoms with van der Waals surface area (Å²) >= 11 is 0. The Morgan fingerprint density at radius 1 is 1.07 bits per heavy atom. The maximum atomic E-state index is 3.26. The van der Waals surface area contributed by atoms with Crippen LogP contribution in [0.4, 0.5) is 0 Å². The van der Waals surface area contributed by atoms with E-state index in [1.165, 1.54) is 5.56 Å². The molecule has 1 aromatic carbocycles. The molecule has 0 bridgehead atoms. The lowest BCUT2D eigenvalue weighted by Crippen LogP contribution is -2.11. The zero-order chi connectivity index (χ0) is 10.8. The standard InChI is InChI=1S/C9H13N.C3H10Si/c1-2-10-8-9-6-4-3-5-7-9;1-4(2)3/h3-7,10H,2,8H2,1H3;4H,1-3H3. The predicted octanol–water partition coefficient (Wildman–Crippen LogP) is 2.90. The molecule has 0 saturated heterocycles. The van der Waals surface area contributed by atoms with E-state index in [0.717, 1.165) is 13.1 Å². The van der Waals surface area contributed by atoms with E-state index >= 15 is 0 Å². The molecule has 0 amide bonds. The Morgan fingerprint density at radius 3 is 2.00 bits per heavy atom. The van der Waals surface area contributed by atoms with Crippen molar-refractivity contribution in [3.8, 4) is 0 Å². The Balaban J connectivity index is 0.000000364. The minimum Gasteiger partial charge on any atom is -0.313 e. The SMILES string of the molecule is CCNCc1ccccc1.C[SiH](C)C. The Hall–Kier alpha value is -0.603. The van der Waals surface area contributed by atoms with Gasteiger partial charge in [-0.2, -0.15) is 0 Å². The smallest absolute Gasteiger partial charge is 0.0274 e. The number of benzene rings is 1. The van der Waals surface area contributed by atoms with Crippen LogP contribution < -0.4 is 5.32 Å². The second-order valence-corrected chi connectivity index (χ2v) is 7.46. The van der Waals surface area contributed by atoms with Crippen LogP contribution in [0.25, 0.3) is 0 Å². The van der Waals surface area contributed by atoms with E-state index in [1.54, 1.807) is 0 Å². The van der Waals surface area contributed by atoms with Crippen LogP contribution >= 0.6 is 0 Å². The molecular weight excluding hydrogens is 186 g/mol. The first-order valence-electron chi connectivity index (χ1n) is 5.41. The zero-order valence-corrected chi connectivity index (χ0v) is 11.0. The average Bonchev–Trinajstić information content (AvgIpc) is 2.15. The molecule has 0 atom stereocenters. The van der Waals surface area contributed by atoms with Gasteiger partial charge in [0.2, 0.25) is 0 Å². The van der Waals surface area contributed by atoms with Gasteiger partial charge in [-0.3, -0.25) is 0 Å². The lowest BCUT2D eigenvalue weighted by molar-refractivity contribution is 0.727. The summed E-state index contributed by atoms with van der Waals surface area (Å²) in [6, 6.07) is 10.4. The summed E-state index contributed by atoms with van der Waals surface area (Å²) < 4.78 is 0. The van der Waals surface area contributed by atoms with Gasteiger partial charge in [-0.15, -0.1) is 0 Å². The highest BCUT2D eigenvalue weighted by molar-refractivity contribution is 6.54. The van der Waals surface area contributed by atoms with Crippen LogP contribution in [0.15, 0.2) is 30.3 Å². The summed E-state index contributed by atoms with van der Waals surface area (Å²) in [7, 11) is -0.139. The van der Waals surface area contributed by atoms with Gasteiger partial charge in [0.15, 0.2) is 0 Å². The highest BCUT2D eigenvalue weighted by Gasteiger charge is 1.85. The first kappa shape index (κ1) is 13.4. The molecule has 0 saturated carbocycles. The normalized spacial score (nSPS) is 9.50. The van der Waals surface area contributed by atoms with E-state index in [9.17, 15) is 0 Å². The lowest BCUT2D eigenvalue weighted by atomic mass is 10.2. The summed E-state index contributed by atoms with van der Waals surface area (Å²) in [6.07, 6.45) is 0. The highest BCUT2D eigenvalue weighted by atomic mass is 28.3. The summed E-state index contributed by atoms with van der Waals surface area (Å²) in [5.74, 6) is 0. The second kappa shape index (κ2) is 8.97. The molecule has 0 heterocycles. The number of nitrogens with one attached hydrogen (secondary N) is 1. The molecule has 1 nitrogen and oxygen atoms in total. The quantitative estimate of drug-likeness (QED) is 0.755. The van der Waals surface area contributed by atoms with Crippen LogP contribution in [0.1, 0.15) is 12.5 Å². The molecule has 0 radical (unpaired) electrons. The van der Waals surface area contributed by atoms with Gasteiger partial charge in [-0.25, -0.2) is 0 Å². The minimum absolute atomic E-state index is 0.139. The Labute approximate surface area is 90.2 Å². The molecule has 0 aliphatic carbocycles. The Bertz CT molecular complexity index is 206. The first-order chi connectivity index (χ1) is 6.66. The monoisotopic (exact) mass is 209 g/mol. The van der Waals surface area contributed by atoms with Crippen molar-refractivity contribution >= 4 is 8.80 Å². The van der Waals surface area contributed by atoms with E-state index < -0.39 is 0 Å². The van der Waals surface area contributed by atoms with Gasteiger partial charge in [0.25, 0.3) is 0 Å². The van der Waals surface area contributed by atoms with E-state index in [0.29, 0.717) is 0 Å². The summed E-state index contributed by atoms with van der Waals surface area (Å²) in [5.41, 5.74) is 1.35. The number of hydrogen-bond acceptors (Lipinski definition) is 1. The lowest BCUT2D eigenvalue weighted by Gasteiger charge is -1.99. The van der Waals surface area contributed by atoms with Crippen molar-refractivity contribution in [1.29, 1.82) is 0 Å². The average molecular weight is 209 g/mol. The zero-order valence-electron chi connectivity index (χ0n) is 9.88. The van der Waals surface area contributed by atoms with E-state index in [1.807, 2.05) is 6.07 Å². The van der Waals surface area contributed by atoms with Gasteiger partial charge >= 0.3 is 0 Å². The van der Waals surface area contributed by atoms with Crippen molar-refractivity contribution in [2.24, 2.45) is 0 Å². The van der Waals surface area contributed by atoms with Crippen molar-refractivity contribution in [3.63, 3.8) is 0 Å². The van der Waals surface area contributed by atoms with Crippen molar-refractivity contribution in [2.75, 3.05) is 6.54 Å². The molecule has 1 N–H and O–H groups in total. The molecule has 0 aliphatic rings. The molecule has 0 unspecified atom stereocenters. The molecule has 0 fully saturated rings.